The predicted molar refractivity (Wildman–Crippen MR) is 40.1 cm³/mol. The van der Waals surface area contributed by atoms with E-state index >= 15 is 0 Å². The quantitative estimate of drug-likeness (QED) is 0.507. The SMILES string of the molecule is FC(F)(F)OCCSCCCl. The van der Waals surface area contributed by atoms with Crippen molar-refractivity contribution >= 4 is 23.4 Å². The van der Waals surface area contributed by atoms with Gasteiger partial charge in [-0.15, -0.1) is 24.8 Å². The van der Waals surface area contributed by atoms with Crippen LogP contribution in [0.15, 0.2) is 0 Å². The van der Waals surface area contributed by atoms with E-state index in [0.717, 1.165) is 0 Å². The summed E-state index contributed by atoms with van der Waals surface area (Å²) < 4.78 is 37.4. The molecule has 0 unspecified atom stereocenters. The maximum absolute atomic E-state index is 11.3. The second kappa shape index (κ2) is 5.97. The van der Waals surface area contributed by atoms with E-state index in [2.05, 4.69) is 4.74 Å². The molecule has 6 heteroatoms. The highest BCUT2D eigenvalue weighted by Crippen LogP contribution is 2.16. The standard InChI is InChI=1S/C5H8ClF3OS/c6-1-3-11-4-2-10-5(7,8)9/h1-4H2. The van der Waals surface area contributed by atoms with Gasteiger partial charge in [0.2, 0.25) is 0 Å². The number of alkyl halides is 4. The molecule has 11 heavy (non-hydrogen) atoms. The van der Waals surface area contributed by atoms with E-state index < -0.39 is 6.36 Å². The number of hydrogen-bond acceptors (Lipinski definition) is 2. The third kappa shape index (κ3) is 10.4. The first kappa shape index (κ1) is 11.4. The summed E-state index contributed by atoms with van der Waals surface area (Å²) in [6.45, 7) is -0.301. The molecule has 0 atom stereocenters. The summed E-state index contributed by atoms with van der Waals surface area (Å²) in [5, 5.41) is 0. The van der Waals surface area contributed by atoms with Crippen molar-refractivity contribution in [2.75, 3.05) is 24.0 Å². The summed E-state index contributed by atoms with van der Waals surface area (Å²) in [5.74, 6) is 1.44. The summed E-state index contributed by atoms with van der Waals surface area (Å²) >= 11 is 6.62. The highest BCUT2D eigenvalue weighted by molar-refractivity contribution is 7.99. The van der Waals surface area contributed by atoms with Crippen molar-refractivity contribution in [3.05, 3.63) is 0 Å². The molecule has 0 spiro atoms. The highest BCUT2D eigenvalue weighted by Gasteiger charge is 2.28. The maximum atomic E-state index is 11.3. The van der Waals surface area contributed by atoms with E-state index in [9.17, 15) is 13.2 Å². The van der Waals surface area contributed by atoms with E-state index in [1.807, 2.05) is 0 Å². The fraction of sp³-hybridized carbons (Fsp3) is 1.00. The van der Waals surface area contributed by atoms with Gasteiger partial charge in [-0.25, -0.2) is 0 Å². The number of halogens is 4. The Morgan fingerprint density at radius 3 is 2.36 bits per heavy atom. The lowest BCUT2D eigenvalue weighted by Gasteiger charge is -2.05. The Balaban J connectivity index is 3.02. The van der Waals surface area contributed by atoms with E-state index in [0.29, 0.717) is 17.4 Å². The average molecular weight is 209 g/mol. The van der Waals surface area contributed by atoms with Crippen molar-refractivity contribution in [2.45, 2.75) is 6.36 Å². The van der Waals surface area contributed by atoms with Crippen LogP contribution < -0.4 is 0 Å². The third-order valence-corrected chi connectivity index (χ3v) is 2.08. The Bertz CT molecular complexity index is 98.2. The Morgan fingerprint density at radius 2 is 1.91 bits per heavy atom. The second-order valence-corrected chi connectivity index (χ2v) is 3.20. The molecular weight excluding hydrogens is 201 g/mol. The van der Waals surface area contributed by atoms with Crippen LogP contribution in [0.1, 0.15) is 0 Å². The molecule has 0 aliphatic heterocycles. The second-order valence-electron chi connectivity index (χ2n) is 1.60. The van der Waals surface area contributed by atoms with Crippen molar-refractivity contribution in [3.63, 3.8) is 0 Å². The largest absolute Gasteiger partial charge is 0.522 e. The lowest BCUT2D eigenvalue weighted by Crippen LogP contribution is -2.15. The summed E-state index contributed by atoms with van der Waals surface area (Å²) in [7, 11) is 0. The molecule has 0 amide bonds. The monoisotopic (exact) mass is 208 g/mol. The first-order valence-electron chi connectivity index (χ1n) is 2.90. The van der Waals surface area contributed by atoms with Crippen LogP contribution in [-0.4, -0.2) is 30.4 Å². The van der Waals surface area contributed by atoms with Crippen LogP contribution in [0.25, 0.3) is 0 Å². The van der Waals surface area contributed by atoms with Crippen LogP contribution in [0, 0.1) is 0 Å². The zero-order valence-corrected chi connectivity index (χ0v) is 7.23. The Hall–Kier alpha value is 0.390. The lowest BCUT2D eigenvalue weighted by molar-refractivity contribution is -0.322. The highest BCUT2D eigenvalue weighted by atomic mass is 35.5. The number of hydrogen-bond donors (Lipinski definition) is 0. The van der Waals surface area contributed by atoms with Gasteiger partial charge in [-0.1, -0.05) is 0 Å². The van der Waals surface area contributed by atoms with Gasteiger partial charge in [0.25, 0.3) is 0 Å². The van der Waals surface area contributed by atoms with Crippen LogP contribution in [0.3, 0.4) is 0 Å². The number of ether oxygens (including phenoxy) is 1. The zero-order valence-electron chi connectivity index (χ0n) is 5.66. The fourth-order valence-electron chi connectivity index (χ4n) is 0.373. The smallest absolute Gasteiger partial charge is 0.291 e. The predicted octanol–water partition coefficient (Wildman–Crippen LogP) is 2.49. The van der Waals surface area contributed by atoms with Gasteiger partial charge in [0, 0.05) is 17.4 Å². The van der Waals surface area contributed by atoms with Gasteiger partial charge >= 0.3 is 6.36 Å². The van der Waals surface area contributed by atoms with Crippen LogP contribution in [0.5, 0.6) is 0 Å². The first-order valence-corrected chi connectivity index (χ1v) is 4.59. The Labute approximate surface area is 72.2 Å². The van der Waals surface area contributed by atoms with Crippen molar-refractivity contribution < 1.29 is 17.9 Å². The van der Waals surface area contributed by atoms with E-state index in [1.165, 1.54) is 11.8 Å². The minimum absolute atomic E-state index is 0.301. The molecule has 68 valence electrons. The summed E-state index contributed by atoms with van der Waals surface area (Å²) in [5.41, 5.74) is 0. The molecule has 1 nitrogen and oxygen atoms in total. The van der Waals surface area contributed by atoms with Gasteiger partial charge < -0.3 is 0 Å². The van der Waals surface area contributed by atoms with Crippen LogP contribution in [0.2, 0.25) is 0 Å². The molecular formula is C5H8ClF3OS. The van der Waals surface area contributed by atoms with Gasteiger partial charge in [-0.3, -0.25) is 4.74 Å². The molecule has 0 aromatic carbocycles. The molecule has 0 saturated heterocycles. The van der Waals surface area contributed by atoms with Crippen LogP contribution in [0.4, 0.5) is 13.2 Å². The molecule has 0 aliphatic rings. The van der Waals surface area contributed by atoms with E-state index in [4.69, 9.17) is 11.6 Å². The lowest BCUT2D eigenvalue weighted by atomic mass is 10.8. The van der Waals surface area contributed by atoms with E-state index in [1.54, 1.807) is 0 Å². The molecule has 0 saturated carbocycles. The molecule has 0 aromatic heterocycles. The average Bonchev–Trinajstić information content (AvgIpc) is 1.85. The normalized spacial score (nSPS) is 12.0. The topological polar surface area (TPSA) is 9.23 Å². The summed E-state index contributed by atoms with van der Waals surface area (Å²) in [6.07, 6.45) is -4.50. The van der Waals surface area contributed by atoms with Crippen molar-refractivity contribution in [2.24, 2.45) is 0 Å². The summed E-state index contributed by atoms with van der Waals surface area (Å²) in [6, 6.07) is 0. The summed E-state index contributed by atoms with van der Waals surface area (Å²) in [4.78, 5) is 0. The molecule has 0 rings (SSSR count). The minimum Gasteiger partial charge on any atom is -0.291 e. The molecule has 0 N–H and O–H groups in total. The van der Waals surface area contributed by atoms with Gasteiger partial charge in [0.15, 0.2) is 0 Å². The minimum atomic E-state index is -4.50. The van der Waals surface area contributed by atoms with Gasteiger partial charge in [0.05, 0.1) is 6.61 Å². The molecule has 0 aromatic rings. The molecule has 0 fully saturated rings. The van der Waals surface area contributed by atoms with E-state index in [-0.39, 0.29) is 6.61 Å². The van der Waals surface area contributed by atoms with Crippen molar-refractivity contribution in [3.8, 4) is 0 Å². The number of thioether (sulfide) groups is 1. The van der Waals surface area contributed by atoms with Crippen molar-refractivity contribution in [1.29, 1.82) is 0 Å². The number of rotatable bonds is 5. The maximum Gasteiger partial charge on any atom is 0.522 e. The van der Waals surface area contributed by atoms with Gasteiger partial charge in [-0.2, -0.15) is 11.8 Å². The third-order valence-electron chi connectivity index (χ3n) is 0.715. The molecule has 0 aliphatic carbocycles. The van der Waals surface area contributed by atoms with Gasteiger partial charge in [0.1, 0.15) is 0 Å². The first-order chi connectivity index (χ1) is 5.06. The van der Waals surface area contributed by atoms with Crippen LogP contribution in [-0.2, 0) is 4.74 Å². The molecule has 0 heterocycles. The molecule has 0 radical (unpaired) electrons. The zero-order chi connectivity index (χ0) is 8.74. The fourth-order valence-corrected chi connectivity index (χ4v) is 1.21. The molecule has 0 bridgehead atoms. The Kier molecular flexibility index (Phi) is 6.18. The van der Waals surface area contributed by atoms with Gasteiger partial charge in [-0.05, 0) is 0 Å². The van der Waals surface area contributed by atoms with Crippen molar-refractivity contribution in [1.82, 2.24) is 0 Å². The van der Waals surface area contributed by atoms with Crippen LogP contribution >= 0.6 is 23.4 Å². The Morgan fingerprint density at radius 1 is 1.27 bits per heavy atom.